The topological polar surface area (TPSA) is 640 Å². The molecule has 0 saturated carbocycles. The third kappa shape index (κ3) is 33.2. The van der Waals surface area contributed by atoms with E-state index >= 15 is 4.79 Å². The number of carbonyl (C=O) groups excluding carboxylic acids is 13. The minimum Gasteiger partial charge on any atom is -0.508 e. The maximum absolute atomic E-state index is 15.1. The van der Waals surface area contributed by atoms with Gasteiger partial charge < -0.3 is 119 Å². The Morgan fingerprint density at radius 2 is 0.798 bits per heavy atom. The van der Waals surface area contributed by atoms with Crippen LogP contribution < -0.4 is 98.2 Å². The fourth-order valence-electron chi connectivity index (χ4n) is 12.8. The number of phenolic OH excluding ortho intramolecular Hbond substituents is 2. The average Bonchev–Trinajstić information content (AvgIpc) is 1.80. The fraction of sp³-hybridized carbons (Fsp3) is 0.427. The molecule has 0 aliphatic carbocycles. The van der Waals surface area contributed by atoms with Crippen molar-refractivity contribution in [1.29, 1.82) is 5.41 Å². The highest BCUT2D eigenvalue weighted by Gasteiger charge is 2.37. The number of carboxylic acid groups (broad SMARTS) is 1. The van der Waals surface area contributed by atoms with Gasteiger partial charge in [0, 0.05) is 68.6 Å². The summed E-state index contributed by atoms with van der Waals surface area (Å²) in [5.74, 6) is -14.2. The summed E-state index contributed by atoms with van der Waals surface area (Å²) in [5, 5.41) is 69.5. The molecule has 6 aromatic rings. The zero-order valence-electron chi connectivity index (χ0n) is 66.6. The van der Waals surface area contributed by atoms with Gasteiger partial charge >= 0.3 is 5.97 Å². The Morgan fingerprint density at radius 1 is 0.403 bits per heavy atom. The van der Waals surface area contributed by atoms with Crippen LogP contribution in [-0.2, 0) is 99.2 Å². The highest BCUT2D eigenvalue weighted by Crippen LogP contribution is 2.22. The van der Waals surface area contributed by atoms with Crippen LogP contribution in [0.5, 0.6) is 11.5 Å². The van der Waals surface area contributed by atoms with Crippen LogP contribution in [0.15, 0.2) is 140 Å². The van der Waals surface area contributed by atoms with Crippen LogP contribution in [0.25, 0.3) is 10.9 Å². The Bertz CT molecular complexity index is 4400. The lowest BCUT2D eigenvalue weighted by Gasteiger charge is -2.28. The van der Waals surface area contributed by atoms with Gasteiger partial charge in [0.1, 0.15) is 71.9 Å². The van der Waals surface area contributed by atoms with Gasteiger partial charge in [0.05, 0.1) is 12.6 Å². The van der Waals surface area contributed by atoms with Crippen molar-refractivity contribution in [2.24, 2.45) is 40.3 Å². The molecule has 1 aromatic heterocycles. The van der Waals surface area contributed by atoms with Gasteiger partial charge in [0.2, 0.25) is 76.8 Å². The Kier molecular flexibility index (Phi) is 39.1. The van der Waals surface area contributed by atoms with E-state index in [0.29, 0.717) is 58.0 Å². The number of hydrogen-bond donors (Lipinski definition) is 23. The third-order valence-electron chi connectivity index (χ3n) is 19.4. The average molecular weight is 1650 g/mol. The second kappa shape index (κ2) is 49.1. The lowest BCUT2D eigenvalue weighted by Crippen LogP contribution is -2.61. The van der Waals surface area contributed by atoms with E-state index in [4.69, 9.17) is 39.8 Å². The minimum absolute atomic E-state index is 0.0534. The number of carbonyl (C=O) groups is 14. The summed E-state index contributed by atoms with van der Waals surface area (Å²) >= 11 is 0. The molecule has 0 saturated heterocycles. The number of amides is 13. The van der Waals surface area contributed by atoms with Crippen LogP contribution in [0.3, 0.4) is 0 Å². The van der Waals surface area contributed by atoms with E-state index in [-0.39, 0.29) is 101 Å². The van der Waals surface area contributed by atoms with Crippen LogP contribution in [0.2, 0.25) is 0 Å². The van der Waals surface area contributed by atoms with Crippen molar-refractivity contribution in [3.05, 3.63) is 167 Å². The Hall–Kier alpha value is -13.0. The van der Waals surface area contributed by atoms with Crippen molar-refractivity contribution in [3.8, 4) is 11.5 Å². The lowest BCUT2D eigenvalue weighted by atomic mass is 9.99. The van der Waals surface area contributed by atoms with Crippen LogP contribution in [0.1, 0.15) is 119 Å². The SMILES string of the molecule is CC(C)[C@H](NC(=O)[C@@H](N)CCCNC(=N)N)C(=O)N[C@@H](Cc1ccc(O)cc1)C(=O)N[C@@H](Cc1ccccc1)C(=O)N[C@@H](Cc1ccccc1)C(=O)N[C@@H](CCCCN)C(=O)NCC(=O)N[C@@H](CCCCN)C(=O)N[C@@H](CCC(N)=O)C(=O)N[C@@H](Cc1ccc(O)cc1)C(=O)N[C@@H](Cc1c[nH]c2ccccc12)C(=O)N[C@@H](CCC(=O)O)C(N)=O. The van der Waals surface area contributed by atoms with Gasteiger partial charge in [-0.05, 0) is 141 Å². The molecule has 29 N–H and O–H groups in total. The standard InChI is InChI=1S/C82H112N20O17/c1-47(2)70(102-72(110)56(85)21-15-39-90-82(88)89)81(119)101-65(43-51-27-31-54(104)32-28-51)79(117)99-63(41-49-18-7-4-8-19-49)77(115)98-62(40-48-16-5-3-6-17-48)76(114)95-59(23-11-13-37-83)73(111)92-46-68(106)93-60(24-12-14-38-84)74(112)96-61(33-35-67(86)105)75(113)97-64(42-50-25-29-53(103)30-26-50)78(116)100-66(44-52-45-91-57-22-10-9-20-55(52)57)80(118)94-58(71(87)109)34-36-69(107)108/h3-10,16-20,22,25-32,45,47,56,58-66,70,91,103-104H,11-15,21,23-24,33-44,46,83-85H2,1-2H3,(H2,86,105)(H2,87,109)(H,92,111)(H,93,106)(H,94,118)(H,95,114)(H,96,112)(H,97,113)(H,98,115)(H,99,117)(H,100,116)(H,101,119)(H,102,110)(H,107,108)(H4,88,89,90)/t56-,58-,59-,60-,61-,62-,63-,64-,65-,66-,70-/m0/s1. The van der Waals surface area contributed by atoms with Crippen LogP contribution >= 0.6 is 0 Å². The quantitative estimate of drug-likeness (QED) is 0.0114. The molecule has 0 spiro atoms. The van der Waals surface area contributed by atoms with Crippen molar-refractivity contribution in [2.45, 2.75) is 189 Å². The van der Waals surface area contributed by atoms with Crippen molar-refractivity contribution in [2.75, 3.05) is 26.2 Å². The van der Waals surface area contributed by atoms with Gasteiger partial charge in [-0.2, -0.15) is 0 Å². The highest BCUT2D eigenvalue weighted by molar-refractivity contribution is 6.00. The molecule has 642 valence electrons. The number of unbranched alkanes of at least 4 members (excludes halogenated alkanes) is 2. The summed E-state index contributed by atoms with van der Waals surface area (Å²) in [7, 11) is 0. The van der Waals surface area contributed by atoms with E-state index in [1.54, 1.807) is 105 Å². The molecule has 13 amide bonds. The number of phenols is 2. The summed E-state index contributed by atoms with van der Waals surface area (Å²) in [6.45, 7) is 3.13. The van der Waals surface area contributed by atoms with Gasteiger partial charge in [-0.3, -0.25) is 72.5 Å². The molecule has 0 radical (unpaired) electrons. The zero-order valence-corrected chi connectivity index (χ0v) is 66.6. The van der Waals surface area contributed by atoms with Gasteiger partial charge in [-0.25, -0.2) is 0 Å². The molecular formula is C82H112N20O17. The molecule has 0 unspecified atom stereocenters. The highest BCUT2D eigenvalue weighted by atomic mass is 16.4. The van der Waals surface area contributed by atoms with Crippen LogP contribution in [0, 0.1) is 11.3 Å². The van der Waals surface area contributed by atoms with Gasteiger partial charge in [-0.15, -0.1) is 0 Å². The molecular weight excluding hydrogens is 1540 g/mol. The van der Waals surface area contributed by atoms with Gasteiger partial charge in [0.15, 0.2) is 5.96 Å². The molecule has 119 heavy (non-hydrogen) atoms. The predicted molar refractivity (Wildman–Crippen MR) is 441 cm³/mol. The molecule has 5 aromatic carbocycles. The summed E-state index contributed by atoms with van der Waals surface area (Å²) in [6, 6.07) is 19.5. The molecule has 11 atom stereocenters. The summed E-state index contributed by atoms with van der Waals surface area (Å²) < 4.78 is 0. The number of H-pyrrole nitrogens is 1. The second-order valence-corrected chi connectivity index (χ2v) is 29.2. The van der Waals surface area contributed by atoms with Gasteiger partial charge in [0.25, 0.3) is 0 Å². The number of guanidine groups is 1. The van der Waals surface area contributed by atoms with Crippen molar-refractivity contribution < 1.29 is 82.4 Å². The molecule has 37 heteroatoms. The minimum atomic E-state index is -1.68. The number of para-hydroxylation sites is 1. The van der Waals surface area contributed by atoms with E-state index in [1.807, 2.05) is 0 Å². The van der Waals surface area contributed by atoms with Crippen molar-refractivity contribution >= 4 is 99.6 Å². The van der Waals surface area contributed by atoms with Crippen molar-refractivity contribution in [3.63, 3.8) is 0 Å². The third-order valence-corrected chi connectivity index (χ3v) is 19.4. The molecule has 0 aliphatic heterocycles. The molecule has 6 rings (SSSR count). The molecule has 0 fully saturated rings. The first-order valence-electron chi connectivity index (χ1n) is 39.3. The Balaban J connectivity index is 1.22. The first kappa shape index (κ1) is 94.8. The second-order valence-electron chi connectivity index (χ2n) is 29.2. The van der Waals surface area contributed by atoms with E-state index < -0.39 is 187 Å². The maximum atomic E-state index is 15.1. The molecule has 0 bridgehead atoms. The maximum Gasteiger partial charge on any atom is 0.303 e. The number of hydrogen-bond acceptors (Lipinski definition) is 20. The largest absolute Gasteiger partial charge is 0.508 e. The number of fused-ring (bicyclic) bond motifs is 1. The number of carboxylic acids is 1. The smallest absolute Gasteiger partial charge is 0.303 e. The van der Waals surface area contributed by atoms with Crippen LogP contribution in [-0.4, -0.2) is 202 Å². The number of nitrogens with two attached hydrogens (primary N) is 6. The fourth-order valence-corrected chi connectivity index (χ4v) is 12.8. The van der Waals surface area contributed by atoms with E-state index in [2.05, 4.69) is 68.8 Å². The van der Waals surface area contributed by atoms with Crippen LogP contribution in [0.4, 0.5) is 0 Å². The molecule has 37 nitrogen and oxygen atoms in total. The monoisotopic (exact) mass is 1650 g/mol. The van der Waals surface area contributed by atoms with E-state index in [1.165, 1.54) is 48.5 Å². The molecule has 1 heterocycles. The first-order valence-corrected chi connectivity index (χ1v) is 39.3. The summed E-state index contributed by atoms with van der Waals surface area (Å²) in [5.41, 5.74) is 37.6. The van der Waals surface area contributed by atoms with Gasteiger partial charge in [-0.1, -0.05) is 117 Å². The number of aliphatic carboxylic acids is 1. The number of aromatic amines is 1. The number of benzene rings is 5. The number of aromatic nitrogens is 1. The van der Waals surface area contributed by atoms with E-state index in [0.717, 1.165) is 0 Å². The van der Waals surface area contributed by atoms with E-state index in [9.17, 15) is 77.6 Å². The normalized spacial score (nSPS) is 13.9. The predicted octanol–water partition coefficient (Wildman–Crippen LogP) is -1.82. The Morgan fingerprint density at radius 3 is 1.24 bits per heavy atom. The zero-order chi connectivity index (χ0) is 87.1. The Labute approximate surface area is 688 Å². The number of aromatic hydroxyl groups is 2. The number of primary amides is 2. The molecule has 0 aliphatic rings. The lowest BCUT2D eigenvalue weighted by molar-refractivity contribution is -0.138. The van der Waals surface area contributed by atoms with Crippen molar-refractivity contribution in [1.82, 2.24) is 68.8 Å². The first-order chi connectivity index (χ1) is 56.8. The summed E-state index contributed by atoms with van der Waals surface area (Å²) in [6.07, 6.45) is 0.137. The number of nitrogens with one attached hydrogen (secondary N) is 14. The summed E-state index contributed by atoms with van der Waals surface area (Å²) in [4.78, 5) is 199. The number of rotatable bonds is 52.